The monoisotopic (exact) mass is 290 g/mol. The second-order valence-electron chi connectivity index (χ2n) is 5.95. The lowest BCUT2D eigenvalue weighted by molar-refractivity contribution is 0.0689. The number of halogens is 1. The van der Waals surface area contributed by atoms with E-state index >= 15 is 0 Å². The average molecular weight is 290 g/mol. The molecule has 1 fully saturated rings. The van der Waals surface area contributed by atoms with Crippen LogP contribution in [-0.4, -0.2) is 23.3 Å². The quantitative estimate of drug-likeness (QED) is 0.869. The van der Waals surface area contributed by atoms with Gasteiger partial charge in [-0.05, 0) is 25.0 Å². The number of aromatic nitrogens is 2. The Morgan fingerprint density at radius 2 is 2.14 bits per heavy atom. The molecule has 5 heteroatoms. The first-order valence-electron chi connectivity index (χ1n) is 7.28. The Morgan fingerprint density at radius 3 is 2.86 bits per heavy atom. The molecular formula is C16H19FN2O2. The van der Waals surface area contributed by atoms with E-state index in [2.05, 4.69) is 4.98 Å². The van der Waals surface area contributed by atoms with Crippen molar-refractivity contribution in [2.75, 3.05) is 13.7 Å². The second kappa shape index (κ2) is 5.56. The minimum absolute atomic E-state index is 0.0286. The van der Waals surface area contributed by atoms with Gasteiger partial charge in [-0.1, -0.05) is 18.9 Å². The molecule has 0 N–H and O–H groups in total. The first kappa shape index (κ1) is 14.2. The van der Waals surface area contributed by atoms with Crippen molar-refractivity contribution in [3.63, 3.8) is 0 Å². The third kappa shape index (κ3) is 2.58. The predicted molar refractivity (Wildman–Crippen MR) is 78.7 cm³/mol. The zero-order valence-corrected chi connectivity index (χ0v) is 12.1. The minimum atomic E-state index is -0.508. The molecule has 1 saturated carbocycles. The lowest BCUT2D eigenvalue weighted by atomic mass is 9.87. The Hall–Kier alpha value is -1.75. The van der Waals surface area contributed by atoms with E-state index in [0.717, 1.165) is 25.7 Å². The molecule has 0 amide bonds. The first-order chi connectivity index (χ1) is 10.2. The molecule has 21 heavy (non-hydrogen) atoms. The fourth-order valence-electron chi connectivity index (χ4n) is 3.41. The molecule has 0 unspecified atom stereocenters. The highest BCUT2D eigenvalue weighted by molar-refractivity contribution is 5.77. The Kier molecular flexibility index (Phi) is 3.76. The van der Waals surface area contributed by atoms with Gasteiger partial charge < -0.3 is 4.74 Å². The lowest BCUT2D eigenvalue weighted by Gasteiger charge is -2.28. The molecule has 0 atom stereocenters. The molecule has 0 radical (unpaired) electrons. The van der Waals surface area contributed by atoms with Gasteiger partial charge in [-0.25, -0.2) is 9.37 Å². The highest BCUT2D eigenvalue weighted by Crippen LogP contribution is 2.39. The summed E-state index contributed by atoms with van der Waals surface area (Å²) in [7, 11) is 1.68. The molecule has 0 aliphatic heterocycles. The summed E-state index contributed by atoms with van der Waals surface area (Å²) in [6, 6.07) is 4.53. The maximum atomic E-state index is 13.9. The van der Waals surface area contributed by atoms with E-state index in [-0.39, 0.29) is 16.4 Å². The van der Waals surface area contributed by atoms with Crippen molar-refractivity contribution in [3.8, 4) is 0 Å². The van der Waals surface area contributed by atoms with E-state index in [0.29, 0.717) is 18.7 Å². The van der Waals surface area contributed by atoms with Crippen LogP contribution in [0.2, 0.25) is 0 Å². The summed E-state index contributed by atoms with van der Waals surface area (Å²) in [5.41, 5.74) is 0.0723. The largest absolute Gasteiger partial charge is 0.384 e. The third-order valence-electron chi connectivity index (χ3n) is 4.42. The first-order valence-corrected chi connectivity index (χ1v) is 7.28. The van der Waals surface area contributed by atoms with E-state index in [4.69, 9.17) is 4.74 Å². The van der Waals surface area contributed by atoms with Crippen LogP contribution in [0.4, 0.5) is 4.39 Å². The van der Waals surface area contributed by atoms with Crippen LogP contribution in [0.1, 0.15) is 25.7 Å². The molecule has 2 aromatic rings. The number of nitrogens with zero attached hydrogens (tertiary/aromatic N) is 2. The van der Waals surface area contributed by atoms with Gasteiger partial charge in [0.05, 0.1) is 18.5 Å². The van der Waals surface area contributed by atoms with E-state index in [9.17, 15) is 9.18 Å². The van der Waals surface area contributed by atoms with Crippen molar-refractivity contribution >= 4 is 10.9 Å². The van der Waals surface area contributed by atoms with E-state index in [1.165, 1.54) is 17.0 Å². The van der Waals surface area contributed by atoms with Gasteiger partial charge in [-0.3, -0.25) is 9.36 Å². The molecule has 1 aliphatic carbocycles. The number of hydrogen-bond donors (Lipinski definition) is 0. The number of fused-ring (bicyclic) bond motifs is 1. The standard InChI is InChI=1S/C16H19FN2O2/c1-21-10-16(7-2-3-8-16)9-19-11-18-13-6-4-5-12(17)14(13)15(19)20/h4-6,11H,2-3,7-10H2,1H3. The van der Waals surface area contributed by atoms with Crippen molar-refractivity contribution < 1.29 is 9.13 Å². The number of ether oxygens (including phenoxy) is 1. The average Bonchev–Trinajstić information content (AvgIpc) is 2.91. The third-order valence-corrected chi connectivity index (χ3v) is 4.42. The van der Waals surface area contributed by atoms with Gasteiger partial charge in [0.1, 0.15) is 11.2 Å². The molecule has 112 valence electrons. The molecular weight excluding hydrogens is 271 g/mol. The fraction of sp³-hybridized carbons (Fsp3) is 0.500. The summed E-state index contributed by atoms with van der Waals surface area (Å²) in [4.78, 5) is 16.7. The van der Waals surface area contributed by atoms with Gasteiger partial charge in [0.15, 0.2) is 0 Å². The predicted octanol–water partition coefficient (Wildman–Crippen LogP) is 2.74. The summed E-state index contributed by atoms with van der Waals surface area (Å²) in [6.07, 6.45) is 5.88. The van der Waals surface area contributed by atoms with Gasteiger partial charge in [0.2, 0.25) is 0 Å². The molecule has 0 spiro atoms. The Bertz CT molecular complexity index is 705. The van der Waals surface area contributed by atoms with Crippen molar-refractivity contribution in [2.45, 2.75) is 32.2 Å². The van der Waals surface area contributed by atoms with Gasteiger partial charge in [-0.15, -0.1) is 0 Å². The highest BCUT2D eigenvalue weighted by Gasteiger charge is 2.34. The van der Waals surface area contributed by atoms with Gasteiger partial charge >= 0.3 is 0 Å². The van der Waals surface area contributed by atoms with E-state index < -0.39 is 5.82 Å². The van der Waals surface area contributed by atoms with Gasteiger partial charge in [0, 0.05) is 19.1 Å². The Labute approximate surface area is 122 Å². The molecule has 3 rings (SSSR count). The summed E-state index contributed by atoms with van der Waals surface area (Å²) in [6.45, 7) is 1.16. The maximum absolute atomic E-state index is 13.9. The van der Waals surface area contributed by atoms with Crippen LogP contribution in [-0.2, 0) is 11.3 Å². The van der Waals surface area contributed by atoms with Crippen molar-refractivity contribution in [1.29, 1.82) is 0 Å². The summed E-state index contributed by atoms with van der Waals surface area (Å²) < 4.78 is 20.8. The normalized spacial score (nSPS) is 17.4. The van der Waals surface area contributed by atoms with Crippen LogP contribution in [0.15, 0.2) is 29.3 Å². The fourth-order valence-corrected chi connectivity index (χ4v) is 3.41. The van der Waals surface area contributed by atoms with Crippen LogP contribution < -0.4 is 5.56 Å². The molecule has 1 aromatic carbocycles. The highest BCUT2D eigenvalue weighted by atomic mass is 19.1. The van der Waals surface area contributed by atoms with Crippen LogP contribution >= 0.6 is 0 Å². The number of rotatable bonds is 4. The number of methoxy groups -OCH3 is 1. The molecule has 0 saturated heterocycles. The molecule has 1 heterocycles. The number of benzene rings is 1. The second-order valence-corrected chi connectivity index (χ2v) is 5.95. The molecule has 4 nitrogen and oxygen atoms in total. The number of hydrogen-bond acceptors (Lipinski definition) is 3. The summed E-state index contributed by atoms with van der Waals surface area (Å²) >= 11 is 0. The summed E-state index contributed by atoms with van der Waals surface area (Å²) in [5.74, 6) is -0.508. The minimum Gasteiger partial charge on any atom is -0.384 e. The zero-order chi connectivity index (χ0) is 14.9. The smallest absolute Gasteiger partial charge is 0.264 e. The molecule has 0 bridgehead atoms. The Balaban J connectivity index is 2.03. The SMILES string of the molecule is COCC1(Cn2cnc3cccc(F)c3c2=O)CCCC1. The topological polar surface area (TPSA) is 44.1 Å². The lowest BCUT2D eigenvalue weighted by Crippen LogP contribution is -2.34. The van der Waals surface area contributed by atoms with E-state index in [1.54, 1.807) is 19.2 Å². The summed E-state index contributed by atoms with van der Waals surface area (Å²) in [5, 5.41) is 0.0746. The van der Waals surface area contributed by atoms with Crippen molar-refractivity contribution in [1.82, 2.24) is 9.55 Å². The van der Waals surface area contributed by atoms with Crippen molar-refractivity contribution in [3.05, 3.63) is 40.7 Å². The Morgan fingerprint density at radius 1 is 1.38 bits per heavy atom. The van der Waals surface area contributed by atoms with Crippen LogP contribution in [0.5, 0.6) is 0 Å². The van der Waals surface area contributed by atoms with Crippen LogP contribution in [0.25, 0.3) is 10.9 Å². The van der Waals surface area contributed by atoms with Crippen molar-refractivity contribution in [2.24, 2.45) is 5.41 Å². The van der Waals surface area contributed by atoms with Gasteiger partial charge in [0.25, 0.3) is 5.56 Å². The zero-order valence-electron chi connectivity index (χ0n) is 12.1. The molecule has 1 aliphatic rings. The maximum Gasteiger partial charge on any atom is 0.264 e. The van der Waals surface area contributed by atoms with Crippen LogP contribution in [0, 0.1) is 11.2 Å². The van der Waals surface area contributed by atoms with Gasteiger partial charge in [-0.2, -0.15) is 0 Å². The van der Waals surface area contributed by atoms with E-state index in [1.807, 2.05) is 0 Å². The molecule has 1 aromatic heterocycles. The van der Waals surface area contributed by atoms with Crippen LogP contribution in [0.3, 0.4) is 0 Å².